The summed E-state index contributed by atoms with van der Waals surface area (Å²) in [6, 6.07) is 13.9. The van der Waals surface area contributed by atoms with E-state index in [9.17, 15) is 9.59 Å². The van der Waals surface area contributed by atoms with Crippen LogP contribution in [0.15, 0.2) is 60.9 Å². The molecule has 0 radical (unpaired) electrons. The molecule has 1 saturated carbocycles. The van der Waals surface area contributed by atoms with Gasteiger partial charge in [0.25, 0.3) is 5.91 Å². The smallest absolute Gasteiger partial charge is 0.251 e. The van der Waals surface area contributed by atoms with Gasteiger partial charge >= 0.3 is 0 Å². The first kappa shape index (κ1) is 33.1. The minimum atomic E-state index is -0.942. The monoisotopic (exact) mass is 646 g/mol. The van der Waals surface area contributed by atoms with Crippen LogP contribution in [-0.4, -0.2) is 81.3 Å². The highest BCUT2D eigenvalue weighted by molar-refractivity contribution is 6.17. The number of anilines is 2. The van der Waals surface area contributed by atoms with Crippen molar-refractivity contribution in [1.29, 1.82) is 0 Å². The SMILES string of the molecule is Cl.NC[C@H]1CC[C@H](C(=O)N(C(=O)[C@@H](N)Cc2cccc(-c3cnc(N4CCOCC4)nc3)c2)c2ccc(-c3nnn[nH]3)cc2)CC1. The number of morpholine rings is 1. The maximum absolute atomic E-state index is 14.0. The summed E-state index contributed by atoms with van der Waals surface area (Å²) in [7, 11) is 0. The average Bonchev–Trinajstić information content (AvgIpc) is 3.65. The van der Waals surface area contributed by atoms with Crippen LogP contribution in [0.5, 0.6) is 0 Å². The second kappa shape index (κ2) is 15.3. The molecule has 2 aromatic carbocycles. The van der Waals surface area contributed by atoms with Gasteiger partial charge in [0, 0.05) is 42.5 Å². The van der Waals surface area contributed by atoms with Crippen LogP contribution in [0.2, 0.25) is 0 Å². The van der Waals surface area contributed by atoms with E-state index in [2.05, 4.69) is 35.5 Å². The third kappa shape index (κ3) is 7.56. The standard InChI is InChI=1S/C32H38N10O3.ClH/c33-18-21-4-6-24(7-5-21)30(43)42(27-10-8-23(9-11-27)29-37-39-40-38-29)31(44)28(34)17-22-2-1-3-25(16-22)26-19-35-32(36-20-26)41-12-14-45-15-13-41;/h1-3,8-11,16,19-21,24,28H,4-7,12-15,17-18,33-34H2,(H,37,38,39,40);1H/t21-,24-,28-;/m0./s1. The van der Waals surface area contributed by atoms with Crippen LogP contribution >= 0.6 is 12.4 Å². The van der Waals surface area contributed by atoms with Crippen LogP contribution in [0.4, 0.5) is 11.6 Å². The number of carbonyl (C=O) groups is 2. The van der Waals surface area contributed by atoms with Crippen molar-refractivity contribution in [1.82, 2.24) is 30.6 Å². The van der Waals surface area contributed by atoms with Gasteiger partial charge in [0.2, 0.25) is 11.9 Å². The third-order valence-electron chi connectivity index (χ3n) is 8.68. The maximum atomic E-state index is 14.0. The van der Waals surface area contributed by atoms with E-state index in [1.807, 2.05) is 24.3 Å². The molecule has 4 aromatic rings. The van der Waals surface area contributed by atoms with Crippen molar-refractivity contribution in [3.8, 4) is 22.5 Å². The van der Waals surface area contributed by atoms with Gasteiger partial charge < -0.3 is 21.1 Å². The number of nitrogens with two attached hydrogens (primary N) is 2. The highest BCUT2D eigenvalue weighted by Crippen LogP contribution is 2.32. The summed E-state index contributed by atoms with van der Waals surface area (Å²) in [6.45, 7) is 3.46. The normalized spacial score (nSPS) is 18.8. The number of aromatic nitrogens is 6. The minimum Gasteiger partial charge on any atom is -0.378 e. The number of imide groups is 1. The first-order valence-electron chi connectivity index (χ1n) is 15.4. The van der Waals surface area contributed by atoms with Gasteiger partial charge in [-0.2, -0.15) is 0 Å². The number of halogens is 1. The van der Waals surface area contributed by atoms with Crippen molar-refractivity contribution in [2.45, 2.75) is 38.1 Å². The second-order valence-electron chi connectivity index (χ2n) is 11.6. The van der Waals surface area contributed by atoms with E-state index >= 15 is 0 Å². The van der Waals surface area contributed by atoms with Crippen molar-refractivity contribution in [2.75, 3.05) is 42.6 Å². The molecule has 0 spiro atoms. The Balaban J connectivity index is 0.00000417. The molecule has 6 rings (SSSR count). The highest BCUT2D eigenvalue weighted by atomic mass is 35.5. The number of benzene rings is 2. The quantitative estimate of drug-likeness (QED) is 0.243. The summed E-state index contributed by atoms with van der Waals surface area (Å²) in [6.07, 6.45) is 6.97. The molecule has 1 saturated heterocycles. The van der Waals surface area contributed by atoms with Crippen molar-refractivity contribution in [3.63, 3.8) is 0 Å². The Morgan fingerprint density at radius 1 is 0.978 bits per heavy atom. The lowest BCUT2D eigenvalue weighted by atomic mass is 9.81. The van der Waals surface area contributed by atoms with E-state index in [1.54, 1.807) is 36.7 Å². The molecule has 5 N–H and O–H groups in total. The Kier molecular flexibility index (Phi) is 11.0. The number of tetrazole rings is 1. The number of hydrogen-bond acceptors (Lipinski definition) is 11. The molecule has 2 aliphatic rings. The van der Waals surface area contributed by atoms with Gasteiger partial charge in [-0.15, -0.1) is 17.5 Å². The van der Waals surface area contributed by atoms with E-state index in [0.29, 0.717) is 56.0 Å². The average molecular weight is 647 g/mol. The molecule has 2 amide bonds. The summed E-state index contributed by atoms with van der Waals surface area (Å²) in [5, 5.41) is 13.9. The molecular formula is C32H39ClN10O3. The number of nitrogens with zero attached hydrogens (tertiary/aromatic N) is 7. The molecule has 2 aromatic heterocycles. The zero-order chi connectivity index (χ0) is 31.2. The fourth-order valence-electron chi connectivity index (χ4n) is 6.02. The van der Waals surface area contributed by atoms with Crippen LogP contribution < -0.4 is 21.3 Å². The number of H-pyrrole nitrogens is 1. The largest absolute Gasteiger partial charge is 0.378 e. The van der Waals surface area contributed by atoms with Gasteiger partial charge in [0.05, 0.1) is 24.9 Å². The van der Waals surface area contributed by atoms with Crippen molar-refractivity contribution in [3.05, 3.63) is 66.5 Å². The number of hydrogen-bond donors (Lipinski definition) is 3. The third-order valence-corrected chi connectivity index (χ3v) is 8.68. The van der Waals surface area contributed by atoms with Crippen LogP contribution in [0.25, 0.3) is 22.5 Å². The molecule has 242 valence electrons. The predicted molar refractivity (Wildman–Crippen MR) is 176 cm³/mol. The number of rotatable bonds is 9. The predicted octanol–water partition coefficient (Wildman–Crippen LogP) is 2.78. The molecule has 46 heavy (non-hydrogen) atoms. The lowest BCUT2D eigenvalue weighted by Gasteiger charge is -2.32. The van der Waals surface area contributed by atoms with Gasteiger partial charge in [-0.1, -0.05) is 24.3 Å². The maximum Gasteiger partial charge on any atom is 0.251 e. The first-order chi connectivity index (χ1) is 22.0. The zero-order valence-electron chi connectivity index (χ0n) is 25.5. The van der Waals surface area contributed by atoms with Crippen LogP contribution in [0.3, 0.4) is 0 Å². The molecule has 13 nitrogen and oxygen atoms in total. The van der Waals surface area contributed by atoms with E-state index in [4.69, 9.17) is 16.2 Å². The van der Waals surface area contributed by atoms with Crippen molar-refractivity contribution < 1.29 is 14.3 Å². The summed E-state index contributed by atoms with van der Waals surface area (Å²) in [4.78, 5) is 40.4. The summed E-state index contributed by atoms with van der Waals surface area (Å²) in [5.41, 5.74) is 16.3. The van der Waals surface area contributed by atoms with E-state index < -0.39 is 11.9 Å². The van der Waals surface area contributed by atoms with Gasteiger partial charge in [-0.3, -0.25) is 9.59 Å². The Bertz CT molecular complexity index is 1570. The van der Waals surface area contributed by atoms with E-state index in [-0.39, 0.29) is 30.7 Å². The highest BCUT2D eigenvalue weighted by Gasteiger charge is 2.35. The molecule has 3 heterocycles. The van der Waals surface area contributed by atoms with Gasteiger partial charge in [-0.25, -0.2) is 20.0 Å². The number of carbonyl (C=O) groups excluding carboxylic acids is 2. The van der Waals surface area contributed by atoms with Crippen LogP contribution in [0.1, 0.15) is 31.2 Å². The molecule has 1 aliphatic carbocycles. The Hall–Kier alpha value is -4.30. The summed E-state index contributed by atoms with van der Waals surface area (Å²) < 4.78 is 5.42. The lowest BCUT2D eigenvalue weighted by molar-refractivity contribution is -0.130. The van der Waals surface area contributed by atoms with E-state index in [1.165, 1.54) is 4.90 Å². The molecule has 1 atom stereocenters. The number of aromatic amines is 1. The Labute approximate surface area is 273 Å². The molecule has 2 fully saturated rings. The van der Waals surface area contributed by atoms with Gasteiger partial charge in [0.1, 0.15) is 0 Å². The van der Waals surface area contributed by atoms with Gasteiger partial charge in [0.15, 0.2) is 5.82 Å². The second-order valence-corrected chi connectivity index (χ2v) is 11.6. The topological polar surface area (TPSA) is 182 Å². The summed E-state index contributed by atoms with van der Waals surface area (Å²) in [5.74, 6) is 0.625. The van der Waals surface area contributed by atoms with E-state index in [0.717, 1.165) is 48.2 Å². The molecule has 0 bridgehead atoms. The molecular weight excluding hydrogens is 608 g/mol. The fourth-order valence-corrected chi connectivity index (χ4v) is 6.02. The Morgan fingerprint density at radius 3 is 2.35 bits per heavy atom. The van der Waals surface area contributed by atoms with Crippen molar-refractivity contribution in [2.24, 2.45) is 23.3 Å². The van der Waals surface area contributed by atoms with Crippen LogP contribution in [0, 0.1) is 11.8 Å². The van der Waals surface area contributed by atoms with Gasteiger partial charge in [-0.05, 0) is 90.4 Å². The number of amides is 2. The first-order valence-corrected chi connectivity index (χ1v) is 15.4. The molecule has 14 heteroatoms. The van der Waals surface area contributed by atoms with Crippen molar-refractivity contribution >= 4 is 35.9 Å². The molecule has 0 unspecified atom stereocenters. The Morgan fingerprint density at radius 2 is 1.70 bits per heavy atom. The zero-order valence-corrected chi connectivity index (χ0v) is 26.3. The van der Waals surface area contributed by atoms with Crippen LogP contribution in [-0.2, 0) is 20.7 Å². The summed E-state index contributed by atoms with van der Waals surface area (Å²) >= 11 is 0. The lowest BCUT2D eigenvalue weighted by Crippen LogP contribution is -2.50. The minimum absolute atomic E-state index is 0. The number of ether oxygens (including phenoxy) is 1. The molecule has 1 aliphatic heterocycles. The fraction of sp³-hybridized carbons (Fsp3) is 0.406. The number of nitrogens with one attached hydrogen (secondary N) is 1.